The van der Waals surface area contributed by atoms with Gasteiger partial charge in [-0.2, -0.15) is 16.6 Å². The Morgan fingerprint density at radius 2 is 2.47 bits per heavy atom. The van der Waals surface area contributed by atoms with E-state index in [0.717, 1.165) is 42.9 Å². The summed E-state index contributed by atoms with van der Waals surface area (Å²) in [6.07, 6.45) is 1.78. The van der Waals surface area contributed by atoms with E-state index in [1.807, 2.05) is 22.6 Å². The molecule has 1 amide bonds. The summed E-state index contributed by atoms with van der Waals surface area (Å²) >= 11 is 1.58. The molecule has 2 aromatic heterocycles. The number of aryl methyl sites for hydroxylation is 1. The highest BCUT2D eigenvalue weighted by Crippen LogP contribution is 2.23. The number of rotatable bonds is 3. The Morgan fingerprint density at radius 1 is 1.58 bits per heavy atom. The van der Waals surface area contributed by atoms with Gasteiger partial charge in [0.15, 0.2) is 5.82 Å². The van der Waals surface area contributed by atoms with Crippen LogP contribution < -0.4 is 0 Å². The fourth-order valence-electron chi connectivity index (χ4n) is 2.46. The van der Waals surface area contributed by atoms with Crippen molar-refractivity contribution in [1.29, 1.82) is 0 Å². The van der Waals surface area contributed by atoms with Crippen molar-refractivity contribution in [2.24, 2.45) is 5.92 Å². The number of nitrogens with one attached hydrogen (secondary N) is 1. The first-order valence-electron chi connectivity index (χ1n) is 6.28. The van der Waals surface area contributed by atoms with Gasteiger partial charge < -0.3 is 4.90 Å². The zero-order valence-electron chi connectivity index (χ0n) is 10.7. The summed E-state index contributed by atoms with van der Waals surface area (Å²) in [5.41, 5.74) is 1.90. The second-order valence-corrected chi connectivity index (χ2v) is 5.65. The Kier molecular flexibility index (Phi) is 3.29. The summed E-state index contributed by atoms with van der Waals surface area (Å²) in [7, 11) is 0. The van der Waals surface area contributed by atoms with Crippen LogP contribution in [0.1, 0.15) is 28.2 Å². The maximum Gasteiger partial charge on any atom is 0.254 e. The number of hydrogen-bond acceptors (Lipinski definition) is 5. The molecular formula is C12H15N5OS. The van der Waals surface area contributed by atoms with Gasteiger partial charge in [0, 0.05) is 24.9 Å². The van der Waals surface area contributed by atoms with Crippen LogP contribution in [0, 0.1) is 12.8 Å². The number of aromatic amines is 1. The Balaban J connectivity index is 1.63. The van der Waals surface area contributed by atoms with Gasteiger partial charge in [0.25, 0.3) is 5.91 Å². The molecule has 7 heteroatoms. The molecule has 19 heavy (non-hydrogen) atoms. The van der Waals surface area contributed by atoms with Crippen molar-refractivity contribution < 1.29 is 4.79 Å². The minimum absolute atomic E-state index is 0.148. The molecule has 2 aromatic rings. The number of likely N-dealkylation sites (tertiary alicyclic amines) is 1. The van der Waals surface area contributed by atoms with Crippen molar-refractivity contribution in [1.82, 2.24) is 25.5 Å². The number of carbonyl (C=O) groups is 1. The number of nitrogens with zero attached hydrogens (tertiary/aromatic N) is 4. The van der Waals surface area contributed by atoms with Crippen LogP contribution in [0.15, 0.2) is 10.8 Å². The molecule has 1 aliphatic rings. The van der Waals surface area contributed by atoms with Crippen molar-refractivity contribution in [3.05, 3.63) is 27.7 Å². The van der Waals surface area contributed by atoms with Gasteiger partial charge in [-0.25, -0.2) is 0 Å². The number of tetrazole rings is 1. The zero-order valence-corrected chi connectivity index (χ0v) is 11.5. The first kappa shape index (κ1) is 12.3. The van der Waals surface area contributed by atoms with Gasteiger partial charge in [-0.05, 0) is 30.2 Å². The number of amides is 1. The van der Waals surface area contributed by atoms with Crippen LogP contribution in [0.2, 0.25) is 0 Å². The molecule has 1 fully saturated rings. The molecule has 3 rings (SSSR count). The lowest BCUT2D eigenvalue weighted by molar-refractivity contribution is 0.0787. The van der Waals surface area contributed by atoms with Gasteiger partial charge >= 0.3 is 0 Å². The Hall–Kier alpha value is -1.76. The largest absolute Gasteiger partial charge is 0.338 e. The van der Waals surface area contributed by atoms with E-state index in [-0.39, 0.29) is 5.91 Å². The monoisotopic (exact) mass is 277 g/mol. The van der Waals surface area contributed by atoms with Gasteiger partial charge in [0.05, 0.1) is 5.56 Å². The number of H-pyrrole nitrogens is 1. The summed E-state index contributed by atoms with van der Waals surface area (Å²) in [6.45, 7) is 3.58. The maximum atomic E-state index is 12.4. The fraction of sp³-hybridized carbons (Fsp3) is 0.500. The van der Waals surface area contributed by atoms with Crippen LogP contribution in [-0.4, -0.2) is 44.5 Å². The summed E-state index contributed by atoms with van der Waals surface area (Å²) in [5, 5.41) is 17.9. The quantitative estimate of drug-likeness (QED) is 0.917. The molecule has 3 heterocycles. The van der Waals surface area contributed by atoms with E-state index < -0.39 is 0 Å². The fourth-order valence-corrected chi connectivity index (χ4v) is 3.28. The molecule has 0 saturated carbocycles. The minimum atomic E-state index is 0.148. The second-order valence-electron chi connectivity index (χ2n) is 4.91. The SMILES string of the molecule is Cc1cscc1C(=O)N1CCC(Cc2nn[nH]n2)C1. The maximum absolute atomic E-state index is 12.4. The number of carbonyl (C=O) groups excluding carboxylic acids is 1. The van der Waals surface area contributed by atoms with E-state index in [1.165, 1.54) is 0 Å². The Morgan fingerprint density at radius 3 is 3.16 bits per heavy atom. The van der Waals surface area contributed by atoms with Gasteiger partial charge in [-0.3, -0.25) is 4.79 Å². The number of thiophene rings is 1. The molecule has 1 N–H and O–H groups in total. The average Bonchev–Trinajstić information content (AvgIpc) is 3.10. The van der Waals surface area contributed by atoms with Crippen molar-refractivity contribution >= 4 is 17.2 Å². The predicted octanol–water partition coefficient (Wildman–Crippen LogP) is 1.27. The molecule has 0 bridgehead atoms. The molecule has 6 nitrogen and oxygen atoms in total. The van der Waals surface area contributed by atoms with Crippen molar-refractivity contribution in [3.63, 3.8) is 0 Å². The summed E-state index contributed by atoms with van der Waals surface area (Å²) in [6, 6.07) is 0. The van der Waals surface area contributed by atoms with E-state index >= 15 is 0 Å². The lowest BCUT2D eigenvalue weighted by Crippen LogP contribution is -2.29. The lowest BCUT2D eigenvalue weighted by Gasteiger charge is -2.16. The van der Waals surface area contributed by atoms with E-state index in [1.54, 1.807) is 11.3 Å². The normalized spacial score (nSPS) is 19.0. The molecule has 1 unspecified atom stereocenters. The lowest BCUT2D eigenvalue weighted by atomic mass is 10.1. The van der Waals surface area contributed by atoms with Gasteiger partial charge in [-0.1, -0.05) is 5.21 Å². The summed E-state index contributed by atoms with van der Waals surface area (Å²) in [4.78, 5) is 14.3. The van der Waals surface area contributed by atoms with Crippen molar-refractivity contribution in [2.45, 2.75) is 19.8 Å². The van der Waals surface area contributed by atoms with Crippen LogP contribution in [0.25, 0.3) is 0 Å². The van der Waals surface area contributed by atoms with Gasteiger partial charge in [0.1, 0.15) is 0 Å². The van der Waals surface area contributed by atoms with Crippen molar-refractivity contribution in [3.8, 4) is 0 Å². The van der Waals surface area contributed by atoms with Crippen LogP contribution in [0.3, 0.4) is 0 Å². The Bertz CT molecular complexity index is 564. The molecular weight excluding hydrogens is 262 g/mol. The van der Waals surface area contributed by atoms with Crippen LogP contribution >= 0.6 is 11.3 Å². The molecule has 0 radical (unpaired) electrons. The molecule has 100 valence electrons. The molecule has 0 aromatic carbocycles. The molecule has 0 spiro atoms. The highest BCUT2D eigenvalue weighted by atomic mass is 32.1. The molecule has 1 saturated heterocycles. The van der Waals surface area contributed by atoms with Crippen LogP contribution in [0.5, 0.6) is 0 Å². The van der Waals surface area contributed by atoms with Gasteiger partial charge in [0.2, 0.25) is 0 Å². The first-order valence-corrected chi connectivity index (χ1v) is 7.22. The van der Waals surface area contributed by atoms with E-state index in [9.17, 15) is 4.79 Å². The topological polar surface area (TPSA) is 74.8 Å². The number of aromatic nitrogens is 4. The van der Waals surface area contributed by atoms with E-state index in [4.69, 9.17) is 0 Å². The summed E-state index contributed by atoms with van der Waals surface area (Å²) in [5.74, 6) is 1.31. The molecule has 1 atom stereocenters. The minimum Gasteiger partial charge on any atom is -0.338 e. The Labute approximate surface area is 114 Å². The predicted molar refractivity (Wildman–Crippen MR) is 70.9 cm³/mol. The first-order chi connectivity index (χ1) is 9.24. The third-order valence-electron chi connectivity index (χ3n) is 3.52. The molecule has 0 aliphatic carbocycles. The van der Waals surface area contributed by atoms with Gasteiger partial charge in [-0.15, -0.1) is 10.2 Å². The standard InChI is InChI=1S/C12H15N5OS/c1-8-6-19-7-10(8)12(18)17-3-2-9(5-17)4-11-13-15-16-14-11/h6-7,9H,2-5H2,1H3,(H,13,14,15,16). The average molecular weight is 277 g/mol. The van der Waals surface area contributed by atoms with E-state index in [0.29, 0.717) is 5.92 Å². The second kappa shape index (κ2) is 5.08. The van der Waals surface area contributed by atoms with Crippen molar-refractivity contribution in [2.75, 3.05) is 13.1 Å². The highest BCUT2D eigenvalue weighted by Gasteiger charge is 2.28. The molecule has 1 aliphatic heterocycles. The smallest absolute Gasteiger partial charge is 0.254 e. The number of hydrogen-bond donors (Lipinski definition) is 1. The third kappa shape index (κ3) is 2.51. The summed E-state index contributed by atoms with van der Waals surface area (Å²) < 4.78 is 0. The van der Waals surface area contributed by atoms with Crippen LogP contribution in [0.4, 0.5) is 0 Å². The van der Waals surface area contributed by atoms with E-state index in [2.05, 4.69) is 20.6 Å². The third-order valence-corrected chi connectivity index (χ3v) is 4.38. The zero-order chi connectivity index (χ0) is 13.2. The highest BCUT2D eigenvalue weighted by molar-refractivity contribution is 7.08. The van der Waals surface area contributed by atoms with Crippen LogP contribution in [-0.2, 0) is 6.42 Å².